The number of rotatable bonds is 4. The molecule has 0 radical (unpaired) electrons. The van der Waals surface area contributed by atoms with Crippen LogP contribution in [0, 0.1) is 5.92 Å². The molecule has 0 aromatic heterocycles. The van der Waals surface area contributed by atoms with Crippen LogP contribution in [0.25, 0.3) is 0 Å². The smallest absolute Gasteiger partial charge is 0.255 e. The molecule has 1 fully saturated rings. The molecule has 1 aliphatic heterocycles. The quantitative estimate of drug-likeness (QED) is 0.783. The Kier molecular flexibility index (Phi) is 5.79. The van der Waals surface area contributed by atoms with Crippen LogP contribution in [-0.4, -0.2) is 31.7 Å². The molecule has 7 heteroatoms. The van der Waals surface area contributed by atoms with Gasteiger partial charge < -0.3 is 5.32 Å². The Labute approximate surface area is 162 Å². The van der Waals surface area contributed by atoms with Crippen molar-refractivity contribution in [2.45, 2.75) is 24.7 Å². The minimum absolute atomic E-state index is 0.238. The van der Waals surface area contributed by atoms with Gasteiger partial charge in [0.2, 0.25) is 10.0 Å². The average Bonchev–Trinajstić information content (AvgIpc) is 2.62. The highest BCUT2D eigenvalue weighted by molar-refractivity contribution is 9.10. The fourth-order valence-electron chi connectivity index (χ4n) is 3.03. The van der Waals surface area contributed by atoms with E-state index in [1.165, 1.54) is 0 Å². The Morgan fingerprint density at radius 3 is 2.38 bits per heavy atom. The molecule has 1 amide bonds. The van der Waals surface area contributed by atoms with Crippen molar-refractivity contribution in [1.29, 1.82) is 0 Å². The van der Waals surface area contributed by atoms with Gasteiger partial charge in [-0.15, -0.1) is 0 Å². The first kappa shape index (κ1) is 19.1. The number of nitrogens with zero attached hydrogens (tertiary/aromatic N) is 1. The van der Waals surface area contributed by atoms with Gasteiger partial charge in [0.15, 0.2) is 0 Å². The van der Waals surface area contributed by atoms with E-state index in [1.807, 2.05) is 0 Å². The Bertz CT molecular complexity index is 880. The summed E-state index contributed by atoms with van der Waals surface area (Å²) in [5.41, 5.74) is 1.09. The largest absolute Gasteiger partial charge is 0.322 e. The Morgan fingerprint density at radius 2 is 1.77 bits per heavy atom. The lowest BCUT2D eigenvalue weighted by Crippen LogP contribution is -2.39. The normalized spacial score (nSPS) is 18.5. The fraction of sp³-hybridized carbons (Fsp3) is 0.316. The molecular formula is C19H21BrN2O3S. The summed E-state index contributed by atoms with van der Waals surface area (Å²) in [5, 5.41) is 2.78. The van der Waals surface area contributed by atoms with Crippen LogP contribution >= 0.6 is 15.9 Å². The van der Waals surface area contributed by atoms with Gasteiger partial charge in [-0.25, -0.2) is 8.42 Å². The van der Waals surface area contributed by atoms with Gasteiger partial charge in [-0.05, 0) is 67.3 Å². The van der Waals surface area contributed by atoms with E-state index >= 15 is 0 Å². The number of sulfonamides is 1. The van der Waals surface area contributed by atoms with Crippen LogP contribution < -0.4 is 5.32 Å². The molecule has 0 bridgehead atoms. The second-order valence-electron chi connectivity index (χ2n) is 6.60. The summed E-state index contributed by atoms with van der Waals surface area (Å²) in [6.45, 7) is 3.20. The molecule has 0 saturated carbocycles. The van der Waals surface area contributed by atoms with E-state index in [4.69, 9.17) is 0 Å². The summed E-state index contributed by atoms with van der Waals surface area (Å²) >= 11 is 3.33. The third-order valence-electron chi connectivity index (χ3n) is 4.48. The summed E-state index contributed by atoms with van der Waals surface area (Å²) in [6, 6.07) is 13.4. The number of piperidine rings is 1. The number of carbonyl (C=O) groups excluding carboxylic acids is 1. The van der Waals surface area contributed by atoms with E-state index in [0.29, 0.717) is 30.3 Å². The van der Waals surface area contributed by atoms with E-state index < -0.39 is 10.0 Å². The minimum atomic E-state index is -3.48. The number of anilines is 1. The van der Waals surface area contributed by atoms with E-state index in [9.17, 15) is 13.2 Å². The first-order valence-corrected chi connectivity index (χ1v) is 10.8. The van der Waals surface area contributed by atoms with Gasteiger partial charge in [-0.3, -0.25) is 4.79 Å². The highest BCUT2D eigenvalue weighted by atomic mass is 79.9. The van der Waals surface area contributed by atoms with Crippen molar-refractivity contribution in [3.63, 3.8) is 0 Å². The maximum atomic E-state index is 12.8. The number of carbonyl (C=O) groups is 1. The molecule has 2 aromatic rings. The van der Waals surface area contributed by atoms with Gasteiger partial charge in [0.1, 0.15) is 0 Å². The second kappa shape index (κ2) is 7.90. The lowest BCUT2D eigenvalue weighted by molar-refractivity contribution is 0.102. The van der Waals surface area contributed by atoms with Gasteiger partial charge in [-0.2, -0.15) is 4.31 Å². The molecule has 2 aromatic carbocycles. The standard InChI is InChI=1S/C19H21BrN2O3S/c1-14-3-2-12-22(13-14)26(24,25)18-10-8-17(9-11-18)21-19(23)15-4-6-16(20)7-5-15/h4-11,14H,2-3,12-13H2,1H3,(H,21,23)/t14-/m1/s1. The summed E-state index contributed by atoms with van der Waals surface area (Å²) < 4.78 is 28.0. The van der Waals surface area contributed by atoms with Gasteiger partial charge in [0.25, 0.3) is 5.91 Å². The lowest BCUT2D eigenvalue weighted by atomic mass is 10.0. The van der Waals surface area contributed by atoms with Crippen LogP contribution in [-0.2, 0) is 10.0 Å². The van der Waals surface area contributed by atoms with Crippen molar-refractivity contribution < 1.29 is 13.2 Å². The van der Waals surface area contributed by atoms with Gasteiger partial charge in [0, 0.05) is 28.8 Å². The van der Waals surface area contributed by atoms with Crippen LogP contribution in [0.3, 0.4) is 0 Å². The summed E-state index contributed by atoms with van der Waals surface area (Å²) in [4.78, 5) is 12.5. The maximum Gasteiger partial charge on any atom is 0.255 e. The zero-order valence-electron chi connectivity index (χ0n) is 14.5. The highest BCUT2D eigenvalue weighted by Gasteiger charge is 2.28. The van der Waals surface area contributed by atoms with Crippen molar-refractivity contribution in [3.05, 3.63) is 58.6 Å². The molecule has 3 rings (SSSR count). The molecule has 1 heterocycles. The molecule has 1 atom stereocenters. The van der Waals surface area contributed by atoms with Crippen LogP contribution in [0.1, 0.15) is 30.1 Å². The van der Waals surface area contributed by atoms with Crippen molar-refractivity contribution in [1.82, 2.24) is 4.31 Å². The number of nitrogens with one attached hydrogen (secondary N) is 1. The number of halogens is 1. The van der Waals surface area contributed by atoms with E-state index in [2.05, 4.69) is 28.2 Å². The SMILES string of the molecule is C[C@@H]1CCCN(S(=O)(=O)c2ccc(NC(=O)c3ccc(Br)cc3)cc2)C1. The zero-order valence-corrected chi connectivity index (χ0v) is 16.9. The summed E-state index contributed by atoms with van der Waals surface area (Å²) in [6.07, 6.45) is 1.95. The predicted octanol–water partition coefficient (Wildman–Crippen LogP) is 4.12. The molecule has 1 saturated heterocycles. The van der Waals surface area contributed by atoms with Gasteiger partial charge in [-0.1, -0.05) is 22.9 Å². The maximum absolute atomic E-state index is 12.8. The molecule has 0 unspecified atom stereocenters. The molecule has 138 valence electrons. The molecular weight excluding hydrogens is 416 g/mol. The number of hydrogen-bond donors (Lipinski definition) is 1. The van der Waals surface area contributed by atoms with Gasteiger partial charge in [0.05, 0.1) is 4.90 Å². The molecule has 1 N–H and O–H groups in total. The predicted molar refractivity (Wildman–Crippen MR) is 106 cm³/mol. The van der Waals surface area contributed by atoms with Crippen molar-refractivity contribution in [2.24, 2.45) is 5.92 Å². The topological polar surface area (TPSA) is 66.5 Å². The minimum Gasteiger partial charge on any atom is -0.322 e. The van der Waals surface area contributed by atoms with Crippen LogP contribution in [0.5, 0.6) is 0 Å². The molecule has 0 aliphatic carbocycles. The monoisotopic (exact) mass is 436 g/mol. The number of benzene rings is 2. The Balaban J connectivity index is 1.71. The zero-order chi connectivity index (χ0) is 18.7. The number of amides is 1. The molecule has 1 aliphatic rings. The molecule has 0 spiro atoms. The lowest BCUT2D eigenvalue weighted by Gasteiger charge is -2.30. The third kappa shape index (κ3) is 4.34. The summed E-state index contributed by atoms with van der Waals surface area (Å²) in [7, 11) is -3.48. The fourth-order valence-corrected chi connectivity index (χ4v) is 4.89. The van der Waals surface area contributed by atoms with Crippen LogP contribution in [0.15, 0.2) is 57.9 Å². The van der Waals surface area contributed by atoms with E-state index in [-0.39, 0.29) is 10.8 Å². The van der Waals surface area contributed by atoms with Crippen molar-refractivity contribution in [2.75, 3.05) is 18.4 Å². The van der Waals surface area contributed by atoms with Gasteiger partial charge >= 0.3 is 0 Å². The highest BCUT2D eigenvalue weighted by Crippen LogP contribution is 2.24. The van der Waals surface area contributed by atoms with E-state index in [1.54, 1.807) is 52.8 Å². The Morgan fingerprint density at radius 1 is 1.12 bits per heavy atom. The van der Waals surface area contributed by atoms with Crippen LogP contribution in [0.4, 0.5) is 5.69 Å². The molecule has 5 nitrogen and oxygen atoms in total. The van der Waals surface area contributed by atoms with Crippen LogP contribution in [0.2, 0.25) is 0 Å². The molecule has 26 heavy (non-hydrogen) atoms. The summed E-state index contributed by atoms with van der Waals surface area (Å²) in [5.74, 6) is 0.140. The third-order valence-corrected chi connectivity index (χ3v) is 6.88. The average molecular weight is 437 g/mol. The van der Waals surface area contributed by atoms with E-state index in [0.717, 1.165) is 17.3 Å². The second-order valence-corrected chi connectivity index (χ2v) is 9.45. The first-order chi connectivity index (χ1) is 12.4. The number of hydrogen-bond acceptors (Lipinski definition) is 3. The Hall–Kier alpha value is -1.70. The van der Waals surface area contributed by atoms with Crippen molar-refractivity contribution in [3.8, 4) is 0 Å². The first-order valence-electron chi connectivity index (χ1n) is 8.53. The van der Waals surface area contributed by atoms with Crippen molar-refractivity contribution >= 4 is 37.5 Å².